The van der Waals surface area contributed by atoms with Gasteiger partial charge in [0.2, 0.25) is 5.88 Å². The van der Waals surface area contributed by atoms with Crippen molar-refractivity contribution >= 4 is 5.65 Å². The maximum Gasteiger partial charge on any atom is 0.219 e. The summed E-state index contributed by atoms with van der Waals surface area (Å²) in [7, 11) is 0. The van der Waals surface area contributed by atoms with Crippen molar-refractivity contribution in [2.75, 3.05) is 13.2 Å². The molecule has 3 N–H and O–H groups in total. The van der Waals surface area contributed by atoms with Gasteiger partial charge in [0.25, 0.3) is 0 Å². The highest BCUT2D eigenvalue weighted by molar-refractivity contribution is 5.61. The molecule has 0 unspecified atom stereocenters. The monoisotopic (exact) mass is 368 g/mol. The molecule has 0 spiro atoms. The molecule has 0 amide bonds. The fourth-order valence-corrected chi connectivity index (χ4v) is 2.93. The summed E-state index contributed by atoms with van der Waals surface area (Å²) in [5, 5.41) is 10.5. The van der Waals surface area contributed by atoms with Crippen LogP contribution in [0.4, 0.5) is 0 Å². The summed E-state index contributed by atoms with van der Waals surface area (Å²) in [6.45, 7) is 7.50. The zero-order valence-electron chi connectivity index (χ0n) is 16.3. The number of ether oxygens (including phenoxy) is 1. The van der Waals surface area contributed by atoms with E-state index in [2.05, 4.69) is 9.97 Å². The molecule has 2 aromatic heterocycles. The first-order valence-electron chi connectivity index (χ1n) is 9.41. The Hall–Kier alpha value is -2.60. The number of rotatable bonds is 7. The molecule has 3 rings (SSSR count). The van der Waals surface area contributed by atoms with Crippen LogP contribution in [0.25, 0.3) is 16.9 Å². The maximum absolute atomic E-state index is 10.5. The smallest absolute Gasteiger partial charge is 0.219 e. The summed E-state index contributed by atoms with van der Waals surface area (Å²) in [6.07, 6.45) is 6.63. The Morgan fingerprint density at radius 2 is 1.85 bits per heavy atom. The van der Waals surface area contributed by atoms with E-state index in [0.29, 0.717) is 17.9 Å². The Labute approximate surface area is 160 Å². The SMILES string of the molecule is CC(C)(C)c1nc2cnc(-c3ccc(OCCCCCN)cc3)cn2c1O. The zero-order chi connectivity index (χ0) is 19.4. The predicted molar refractivity (Wildman–Crippen MR) is 107 cm³/mol. The number of nitrogens with two attached hydrogens (primary N) is 1. The number of fused-ring (bicyclic) bond motifs is 1. The molecule has 27 heavy (non-hydrogen) atoms. The van der Waals surface area contributed by atoms with Gasteiger partial charge in [0, 0.05) is 17.2 Å². The van der Waals surface area contributed by atoms with E-state index in [9.17, 15) is 5.11 Å². The van der Waals surface area contributed by atoms with Crippen LogP contribution in [0.3, 0.4) is 0 Å². The number of benzene rings is 1. The van der Waals surface area contributed by atoms with Gasteiger partial charge in [-0.25, -0.2) is 4.98 Å². The Bertz CT molecular complexity index is 895. The lowest BCUT2D eigenvalue weighted by molar-refractivity contribution is 0.305. The lowest BCUT2D eigenvalue weighted by atomic mass is 9.92. The van der Waals surface area contributed by atoms with E-state index < -0.39 is 0 Å². The molecule has 0 aliphatic carbocycles. The van der Waals surface area contributed by atoms with Gasteiger partial charge in [-0.2, -0.15) is 0 Å². The molecular formula is C21H28N4O2. The van der Waals surface area contributed by atoms with E-state index >= 15 is 0 Å². The number of hydrogen-bond donors (Lipinski definition) is 2. The minimum Gasteiger partial charge on any atom is -0.494 e. The van der Waals surface area contributed by atoms with Crippen LogP contribution in [-0.4, -0.2) is 32.6 Å². The van der Waals surface area contributed by atoms with E-state index in [4.69, 9.17) is 10.5 Å². The summed E-state index contributed by atoms with van der Waals surface area (Å²) >= 11 is 0. The van der Waals surface area contributed by atoms with Gasteiger partial charge in [0.15, 0.2) is 5.65 Å². The predicted octanol–water partition coefficient (Wildman–Crippen LogP) is 3.91. The van der Waals surface area contributed by atoms with E-state index in [0.717, 1.165) is 42.8 Å². The first-order valence-corrected chi connectivity index (χ1v) is 9.41. The summed E-state index contributed by atoms with van der Waals surface area (Å²) < 4.78 is 7.44. The van der Waals surface area contributed by atoms with Crippen molar-refractivity contribution in [3.05, 3.63) is 42.4 Å². The van der Waals surface area contributed by atoms with Gasteiger partial charge < -0.3 is 15.6 Å². The molecule has 1 aromatic carbocycles. The number of imidazole rings is 1. The Balaban J connectivity index is 1.76. The second-order valence-electron chi connectivity index (χ2n) is 7.76. The molecule has 0 aliphatic rings. The summed E-state index contributed by atoms with van der Waals surface area (Å²) in [5.41, 5.74) is 8.28. The van der Waals surface area contributed by atoms with E-state index in [1.54, 1.807) is 10.6 Å². The van der Waals surface area contributed by atoms with Crippen LogP contribution < -0.4 is 10.5 Å². The van der Waals surface area contributed by atoms with Crippen LogP contribution in [0.1, 0.15) is 45.7 Å². The van der Waals surface area contributed by atoms with E-state index in [1.807, 2.05) is 51.2 Å². The van der Waals surface area contributed by atoms with Gasteiger partial charge in [-0.05, 0) is 50.1 Å². The van der Waals surface area contributed by atoms with Crippen LogP contribution in [0.5, 0.6) is 11.6 Å². The molecule has 0 fully saturated rings. The Kier molecular flexibility index (Phi) is 5.65. The first-order chi connectivity index (χ1) is 12.9. The second-order valence-corrected chi connectivity index (χ2v) is 7.76. The van der Waals surface area contributed by atoms with Crippen molar-refractivity contribution in [2.45, 2.75) is 45.4 Å². The third kappa shape index (κ3) is 4.39. The number of nitrogens with zero attached hydrogens (tertiary/aromatic N) is 3. The number of aromatic nitrogens is 3. The normalized spacial score (nSPS) is 11.9. The van der Waals surface area contributed by atoms with Gasteiger partial charge >= 0.3 is 0 Å². The van der Waals surface area contributed by atoms with Crippen molar-refractivity contribution < 1.29 is 9.84 Å². The van der Waals surface area contributed by atoms with Gasteiger partial charge in [-0.15, -0.1) is 0 Å². The third-order valence-electron chi connectivity index (χ3n) is 4.46. The summed E-state index contributed by atoms with van der Waals surface area (Å²) in [5.74, 6) is 1.01. The van der Waals surface area contributed by atoms with Crippen molar-refractivity contribution in [1.82, 2.24) is 14.4 Å². The van der Waals surface area contributed by atoms with Crippen molar-refractivity contribution in [2.24, 2.45) is 5.73 Å². The van der Waals surface area contributed by atoms with E-state index in [1.165, 1.54) is 0 Å². The Morgan fingerprint density at radius 3 is 2.52 bits per heavy atom. The van der Waals surface area contributed by atoms with Crippen LogP contribution >= 0.6 is 0 Å². The van der Waals surface area contributed by atoms with Gasteiger partial charge in [-0.3, -0.25) is 9.38 Å². The minimum absolute atomic E-state index is 0.165. The summed E-state index contributed by atoms with van der Waals surface area (Å²) in [6, 6.07) is 7.83. The van der Waals surface area contributed by atoms with Crippen LogP contribution in [0.2, 0.25) is 0 Å². The van der Waals surface area contributed by atoms with Crippen LogP contribution in [-0.2, 0) is 5.41 Å². The zero-order valence-corrected chi connectivity index (χ0v) is 16.3. The molecule has 2 heterocycles. The highest BCUT2D eigenvalue weighted by Crippen LogP contribution is 2.31. The first kappa shape index (κ1) is 19.2. The van der Waals surface area contributed by atoms with Gasteiger partial charge in [-0.1, -0.05) is 20.8 Å². The molecule has 3 aromatic rings. The van der Waals surface area contributed by atoms with Gasteiger partial charge in [0.05, 0.1) is 18.5 Å². The maximum atomic E-state index is 10.5. The average molecular weight is 368 g/mol. The molecule has 0 bridgehead atoms. The molecule has 0 atom stereocenters. The van der Waals surface area contributed by atoms with Gasteiger partial charge in [0.1, 0.15) is 11.4 Å². The molecule has 144 valence electrons. The van der Waals surface area contributed by atoms with E-state index in [-0.39, 0.29) is 11.3 Å². The largest absolute Gasteiger partial charge is 0.494 e. The van der Waals surface area contributed by atoms with Crippen molar-refractivity contribution in [3.63, 3.8) is 0 Å². The standard InChI is InChI=1S/C21H28N4O2/c1-21(2,3)19-20(26)25-14-17(23-13-18(25)24-19)15-7-9-16(10-8-15)27-12-6-4-5-11-22/h7-10,13-14,26H,4-6,11-12,22H2,1-3H3. The Morgan fingerprint density at radius 1 is 1.11 bits per heavy atom. The van der Waals surface area contributed by atoms with Crippen molar-refractivity contribution in [3.8, 4) is 22.9 Å². The summed E-state index contributed by atoms with van der Waals surface area (Å²) in [4.78, 5) is 9.00. The van der Waals surface area contributed by atoms with Crippen LogP contribution in [0.15, 0.2) is 36.7 Å². The molecule has 0 aliphatic heterocycles. The quantitative estimate of drug-likeness (QED) is 0.618. The molecule has 0 radical (unpaired) electrons. The number of hydrogen-bond acceptors (Lipinski definition) is 5. The topological polar surface area (TPSA) is 85.7 Å². The molecule has 0 saturated carbocycles. The highest BCUT2D eigenvalue weighted by atomic mass is 16.5. The molecular weight excluding hydrogens is 340 g/mol. The lowest BCUT2D eigenvalue weighted by Gasteiger charge is -2.14. The van der Waals surface area contributed by atoms with Crippen molar-refractivity contribution in [1.29, 1.82) is 0 Å². The number of unbranched alkanes of at least 4 members (excludes halogenated alkanes) is 2. The molecule has 6 heteroatoms. The lowest BCUT2D eigenvalue weighted by Crippen LogP contribution is -2.11. The highest BCUT2D eigenvalue weighted by Gasteiger charge is 2.24. The third-order valence-corrected chi connectivity index (χ3v) is 4.46. The average Bonchev–Trinajstić information content (AvgIpc) is 2.99. The minimum atomic E-state index is -0.237. The number of aromatic hydroxyl groups is 1. The molecule has 6 nitrogen and oxygen atoms in total. The second kappa shape index (κ2) is 7.96. The fraction of sp³-hybridized carbons (Fsp3) is 0.429. The fourth-order valence-electron chi connectivity index (χ4n) is 2.93. The molecule has 0 saturated heterocycles. The van der Waals surface area contributed by atoms with Crippen LogP contribution in [0, 0.1) is 0 Å².